The van der Waals surface area contributed by atoms with Crippen LogP contribution in [0, 0.1) is 3.57 Å². The summed E-state index contributed by atoms with van der Waals surface area (Å²) in [6.07, 6.45) is 1.68. The Bertz CT molecular complexity index is 557. The molecule has 0 saturated carbocycles. The molecule has 0 saturated heterocycles. The van der Waals surface area contributed by atoms with Crippen LogP contribution in [0.5, 0.6) is 0 Å². The third kappa shape index (κ3) is 3.13. The molecule has 3 N–H and O–H groups in total. The third-order valence-corrected chi connectivity index (χ3v) is 3.01. The Labute approximate surface area is 119 Å². The lowest BCUT2D eigenvalue weighted by Gasteiger charge is -2.10. The van der Waals surface area contributed by atoms with Crippen molar-refractivity contribution in [3.63, 3.8) is 0 Å². The molecular formula is C12H10IN3S. The van der Waals surface area contributed by atoms with Gasteiger partial charge in [-0.1, -0.05) is 18.3 Å². The van der Waals surface area contributed by atoms with Crippen molar-refractivity contribution in [1.82, 2.24) is 4.98 Å². The highest BCUT2D eigenvalue weighted by Crippen LogP contribution is 2.20. The second-order valence-corrected chi connectivity index (χ2v) is 5.08. The number of hydrogen-bond acceptors (Lipinski definition) is 3. The topological polar surface area (TPSA) is 50.9 Å². The van der Waals surface area contributed by atoms with E-state index >= 15 is 0 Å². The number of rotatable bonds is 3. The SMILES string of the molecule is NC(=S)c1ncccc1Nc1cccc(I)c1. The van der Waals surface area contributed by atoms with Gasteiger partial charge in [0, 0.05) is 15.5 Å². The molecule has 2 rings (SSSR count). The van der Waals surface area contributed by atoms with Gasteiger partial charge >= 0.3 is 0 Å². The Morgan fingerprint density at radius 1 is 1.29 bits per heavy atom. The van der Waals surface area contributed by atoms with Gasteiger partial charge in [0.05, 0.1) is 5.69 Å². The van der Waals surface area contributed by atoms with Crippen molar-refractivity contribution in [2.45, 2.75) is 0 Å². The average Bonchev–Trinajstić information content (AvgIpc) is 2.29. The number of nitrogens with two attached hydrogens (primary N) is 1. The van der Waals surface area contributed by atoms with Crippen LogP contribution in [0.1, 0.15) is 5.69 Å². The lowest BCUT2D eigenvalue weighted by Crippen LogP contribution is -2.13. The molecule has 0 aliphatic carbocycles. The lowest BCUT2D eigenvalue weighted by molar-refractivity contribution is 1.29. The van der Waals surface area contributed by atoms with E-state index in [1.807, 2.05) is 36.4 Å². The number of benzene rings is 1. The number of pyridine rings is 1. The first-order valence-corrected chi connectivity index (χ1v) is 6.43. The summed E-state index contributed by atoms with van der Waals surface area (Å²) >= 11 is 7.23. The molecule has 3 nitrogen and oxygen atoms in total. The Balaban J connectivity index is 2.33. The fourth-order valence-corrected chi connectivity index (χ4v) is 2.13. The summed E-state index contributed by atoms with van der Waals surface area (Å²) in [5, 5.41) is 3.26. The Kier molecular flexibility index (Phi) is 3.90. The number of thiocarbonyl (C=S) groups is 1. The van der Waals surface area contributed by atoms with Gasteiger partial charge < -0.3 is 11.1 Å². The summed E-state index contributed by atoms with van der Waals surface area (Å²) in [5.41, 5.74) is 8.05. The van der Waals surface area contributed by atoms with Crippen molar-refractivity contribution in [2.24, 2.45) is 5.73 Å². The number of nitrogens with zero attached hydrogens (tertiary/aromatic N) is 1. The summed E-state index contributed by atoms with van der Waals surface area (Å²) < 4.78 is 1.16. The largest absolute Gasteiger partial charge is 0.388 e. The number of halogens is 1. The second kappa shape index (κ2) is 5.42. The van der Waals surface area contributed by atoms with Crippen LogP contribution in [-0.2, 0) is 0 Å². The summed E-state index contributed by atoms with van der Waals surface area (Å²) in [5.74, 6) is 0. The predicted octanol–water partition coefficient (Wildman–Crippen LogP) is 3.06. The zero-order chi connectivity index (χ0) is 12.3. The van der Waals surface area contributed by atoms with E-state index in [1.165, 1.54) is 0 Å². The van der Waals surface area contributed by atoms with Gasteiger partial charge in [-0.25, -0.2) is 0 Å². The molecule has 2 aromatic rings. The van der Waals surface area contributed by atoms with E-state index in [1.54, 1.807) is 6.20 Å². The Morgan fingerprint density at radius 2 is 2.12 bits per heavy atom. The molecule has 86 valence electrons. The van der Waals surface area contributed by atoms with Crippen LogP contribution >= 0.6 is 34.8 Å². The van der Waals surface area contributed by atoms with E-state index in [4.69, 9.17) is 18.0 Å². The molecule has 1 aromatic carbocycles. The molecule has 1 heterocycles. The zero-order valence-corrected chi connectivity index (χ0v) is 11.8. The minimum Gasteiger partial charge on any atom is -0.388 e. The van der Waals surface area contributed by atoms with E-state index in [-0.39, 0.29) is 0 Å². The molecule has 5 heteroatoms. The summed E-state index contributed by atoms with van der Waals surface area (Å²) in [7, 11) is 0. The number of anilines is 2. The summed E-state index contributed by atoms with van der Waals surface area (Å²) in [6.45, 7) is 0. The van der Waals surface area contributed by atoms with Crippen LogP contribution < -0.4 is 11.1 Å². The summed E-state index contributed by atoms with van der Waals surface area (Å²) in [4.78, 5) is 4.46. The van der Waals surface area contributed by atoms with Crippen molar-refractivity contribution < 1.29 is 0 Å². The molecule has 0 fully saturated rings. The zero-order valence-electron chi connectivity index (χ0n) is 8.85. The van der Waals surface area contributed by atoms with Crippen LogP contribution in [-0.4, -0.2) is 9.97 Å². The highest BCUT2D eigenvalue weighted by atomic mass is 127. The molecule has 0 bridgehead atoms. The molecule has 17 heavy (non-hydrogen) atoms. The monoisotopic (exact) mass is 355 g/mol. The van der Waals surface area contributed by atoms with Gasteiger partial charge in [0.1, 0.15) is 10.7 Å². The number of hydrogen-bond donors (Lipinski definition) is 2. The van der Waals surface area contributed by atoms with Crippen molar-refractivity contribution in [3.8, 4) is 0 Å². The standard InChI is InChI=1S/C12H10IN3S/c13-8-3-1-4-9(7-8)16-10-5-2-6-15-11(10)12(14)17/h1-7,16H,(H2,14,17). The molecule has 0 spiro atoms. The highest BCUT2D eigenvalue weighted by Gasteiger charge is 2.05. The smallest absolute Gasteiger partial charge is 0.124 e. The second-order valence-electron chi connectivity index (χ2n) is 3.40. The Hall–Kier alpha value is -1.21. The molecule has 0 radical (unpaired) electrons. The quantitative estimate of drug-likeness (QED) is 0.656. The molecule has 0 atom stereocenters. The van der Waals surface area contributed by atoms with Crippen LogP contribution in [0.4, 0.5) is 11.4 Å². The minimum absolute atomic E-state index is 0.290. The first kappa shape index (κ1) is 12.3. The molecule has 0 unspecified atom stereocenters. The average molecular weight is 355 g/mol. The van der Waals surface area contributed by atoms with E-state index in [2.05, 4.69) is 32.9 Å². The fraction of sp³-hybridized carbons (Fsp3) is 0. The third-order valence-electron chi connectivity index (χ3n) is 2.14. The molecule has 0 amide bonds. The fourth-order valence-electron chi connectivity index (χ4n) is 1.42. The lowest BCUT2D eigenvalue weighted by atomic mass is 10.2. The van der Waals surface area contributed by atoms with Gasteiger partial charge in [-0.2, -0.15) is 0 Å². The first-order chi connectivity index (χ1) is 8.16. The maximum absolute atomic E-state index is 5.63. The van der Waals surface area contributed by atoms with Crippen molar-refractivity contribution >= 4 is 51.2 Å². The van der Waals surface area contributed by atoms with Crippen LogP contribution in [0.15, 0.2) is 42.6 Å². The number of nitrogens with one attached hydrogen (secondary N) is 1. The molecular weight excluding hydrogens is 345 g/mol. The molecule has 1 aromatic heterocycles. The van der Waals surface area contributed by atoms with Crippen molar-refractivity contribution in [2.75, 3.05) is 5.32 Å². The molecule has 0 aliphatic heterocycles. The van der Waals surface area contributed by atoms with E-state index < -0.39 is 0 Å². The van der Waals surface area contributed by atoms with Crippen LogP contribution in [0.2, 0.25) is 0 Å². The van der Waals surface area contributed by atoms with E-state index in [0.29, 0.717) is 10.7 Å². The van der Waals surface area contributed by atoms with Gasteiger partial charge in [-0.05, 0) is 52.9 Å². The van der Waals surface area contributed by atoms with Crippen molar-refractivity contribution in [1.29, 1.82) is 0 Å². The van der Waals surface area contributed by atoms with E-state index in [0.717, 1.165) is 14.9 Å². The summed E-state index contributed by atoms with van der Waals surface area (Å²) in [6, 6.07) is 11.8. The van der Waals surface area contributed by atoms with Crippen LogP contribution in [0.25, 0.3) is 0 Å². The van der Waals surface area contributed by atoms with E-state index in [9.17, 15) is 0 Å². The Morgan fingerprint density at radius 3 is 2.82 bits per heavy atom. The van der Waals surface area contributed by atoms with Crippen LogP contribution in [0.3, 0.4) is 0 Å². The maximum Gasteiger partial charge on any atom is 0.124 e. The van der Waals surface area contributed by atoms with Crippen molar-refractivity contribution in [3.05, 3.63) is 51.9 Å². The molecule has 0 aliphatic rings. The van der Waals surface area contributed by atoms with Gasteiger partial charge in [0.25, 0.3) is 0 Å². The highest BCUT2D eigenvalue weighted by molar-refractivity contribution is 14.1. The minimum atomic E-state index is 0.290. The van der Waals surface area contributed by atoms with Gasteiger partial charge in [0.15, 0.2) is 0 Å². The normalized spacial score (nSPS) is 9.94. The number of aromatic nitrogens is 1. The maximum atomic E-state index is 5.63. The van der Waals surface area contributed by atoms with Gasteiger partial charge in [0.2, 0.25) is 0 Å². The predicted molar refractivity (Wildman–Crippen MR) is 82.6 cm³/mol. The van der Waals surface area contributed by atoms with Gasteiger partial charge in [-0.15, -0.1) is 0 Å². The van der Waals surface area contributed by atoms with Gasteiger partial charge in [-0.3, -0.25) is 4.98 Å². The first-order valence-electron chi connectivity index (χ1n) is 4.94.